The van der Waals surface area contributed by atoms with Crippen LogP contribution in [0.5, 0.6) is 0 Å². The molecule has 2 atom stereocenters. The van der Waals surface area contributed by atoms with Crippen LogP contribution < -0.4 is 5.32 Å². The third-order valence-corrected chi connectivity index (χ3v) is 4.72. The molecule has 26 heavy (non-hydrogen) atoms. The minimum Gasteiger partial charge on any atom is -0.391 e. The Morgan fingerprint density at radius 1 is 1.23 bits per heavy atom. The molecular formula is C17H16ClF3N2O3. The van der Waals surface area contributed by atoms with E-state index >= 15 is 0 Å². The SMILES string of the molecule is O=C(N[C@@H]1CCCC[C@@H]1O)c1noc(-c2ccc(C(F)(F)F)cc2)c1Cl. The number of aliphatic hydroxyl groups excluding tert-OH is 1. The maximum Gasteiger partial charge on any atom is 0.416 e. The highest BCUT2D eigenvalue weighted by Gasteiger charge is 2.31. The number of benzene rings is 1. The number of aromatic nitrogens is 1. The van der Waals surface area contributed by atoms with Crippen molar-refractivity contribution in [2.45, 2.75) is 44.0 Å². The fraction of sp³-hybridized carbons (Fsp3) is 0.412. The molecule has 1 heterocycles. The van der Waals surface area contributed by atoms with E-state index in [-0.39, 0.29) is 22.0 Å². The average Bonchev–Trinajstić information content (AvgIpc) is 2.98. The lowest BCUT2D eigenvalue weighted by molar-refractivity contribution is -0.137. The van der Waals surface area contributed by atoms with Gasteiger partial charge in [-0.15, -0.1) is 0 Å². The average molecular weight is 389 g/mol. The van der Waals surface area contributed by atoms with Crippen LogP contribution in [0.4, 0.5) is 13.2 Å². The molecule has 2 N–H and O–H groups in total. The number of hydrogen-bond acceptors (Lipinski definition) is 4. The summed E-state index contributed by atoms with van der Waals surface area (Å²) in [6, 6.07) is 3.79. The second-order valence-electron chi connectivity index (χ2n) is 6.18. The molecule has 0 aliphatic heterocycles. The summed E-state index contributed by atoms with van der Waals surface area (Å²) in [5.74, 6) is -0.586. The van der Waals surface area contributed by atoms with Crippen LogP contribution >= 0.6 is 11.6 Å². The molecule has 0 bridgehead atoms. The Bertz CT molecular complexity index is 790. The summed E-state index contributed by atoms with van der Waals surface area (Å²) in [7, 11) is 0. The second-order valence-corrected chi connectivity index (χ2v) is 6.56. The van der Waals surface area contributed by atoms with E-state index in [0.29, 0.717) is 12.8 Å². The molecule has 1 aromatic carbocycles. The van der Waals surface area contributed by atoms with Crippen LogP contribution in [0.25, 0.3) is 11.3 Å². The van der Waals surface area contributed by atoms with E-state index in [1.54, 1.807) is 0 Å². The van der Waals surface area contributed by atoms with Crippen LogP contribution in [-0.4, -0.2) is 28.3 Å². The van der Waals surface area contributed by atoms with Crippen molar-refractivity contribution in [1.82, 2.24) is 10.5 Å². The molecular weight excluding hydrogens is 373 g/mol. The fourth-order valence-corrected chi connectivity index (χ4v) is 3.19. The third-order valence-electron chi connectivity index (χ3n) is 4.37. The third kappa shape index (κ3) is 3.86. The maximum atomic E-state index is 12.6. The summed E-state index contributed by atoms with van der Waals surface area (Å²) in [5.41, 5.74) is -0.701. The highest BCUT2D eigenvalue weighted by molar-refractivity contribution is 6.35. The van der Waals surface area contributed by atoms with E-state index in [2.05, 4.69) is 10.5 Å². The van der Waals surface area contributed by atoms with Gasteiger partial charge >= 0.3 is 6.18 Å². The lowest BCUT2D eigenvalue weighted by atomic mass is 9.92. The van der Waals surface area contributed by atoms with Crippen molar-refractivity contribution in [3.05, 3.63) is 40.5 Å². The smallest absolute Gasteiger partial charge is 0.391 e. The maximum absolute atomic E-state index is 12.6. The minimum absolute atomic E-state index is 0.00901. The van der Waals surface area contributed by atoms with Gasteiger partial charge in [-0.1, -0.05) is 41.7 Å². The van der Waals surface area contributed by atoms with Crippen molar-refractivity contribution < 1.29 is 27.6 Å². The van der Waals surface area contributed by atoms with Gasteiger partial charge in [0, 0.05) is 5.56 Å². The lowest BCUT2D eigenvalue weighted by Gasteiger charge is -2.27. The van der Waals surface area contributed by atoms with Gasteiger partial charge < -0.3 is 14.9 Å². The standard InChI is InChI=1S/C17H16ClF3N2O3/c18-13-14(16(25)22-11-3-1-2-4-12(11)24)23-26-15(13)9-5-7-10(8-6-9)17(19,20)21/h5-8,11-12,24H,1-4H2,(H,22,25)/t11-,12+/m1/s1. The van der Waals surface area contributed by atoms with Gasteiger partial charge in [-0.05, 0) is 25.0 Å². The monoisotopic (exact) mass is 388 g/mol. The minimum atomic E-state index is -4.45. The van der Waals surface area contributed by atoms with Gasteiger partial charge in [0.05, 0.1) is 17.7 Å². The van der Waals surface area contributed by atoms with Crippen molar-refractivity contribution >= 4 is 17.5 Å². The van der Waals surface area contributed by atoms with Crippen LogP contribution in [-0.2, 0) is 6.18 Å². The molecule has 0 radical (unpaired) electrons. The first-order valence-corrected chi connectivity index (χ1v) is 8.47. The van der Waals surface area contributed by atoms with E-state index in [1.165, 1.54) is 12.1 Å². The number of aliphatic hydroxyl groups is 1. The summed E-state index contributed by atoms with van der Waals surface area (Å²) < 4.78 is 42.9. The lowest BCUT2D eigenvalue weighted by Crippen LogP contribution is -2.45. The van der Waals surface area contributed by atoms with Crippen molar-refractivity contribution in [3.8, 4) is 11.3 Å². The van der Waals surface area contributed by atoms with E-state index < -0.39 is 29.8 Å². The van der Waals surface area contributed by atoms with Crippen LogP contribution in [0.1, 0.15) is 41.7 Å². The van der Waals surface area contributed by atoms with Crippen LogP contribution in [0.15, 0.2) is 28.8 Å². The Hall–Kier alpha value is -2.06. The number of amides is 1. The van der Waals surface area contributed by atoms with E-state index in [4.69, 9.17) is 16.1 Å². The van der Waals surface area contributed by atoms with Gasteiger partial charge in [0.15, 0.2) is 11.5 Å². The Morgan fingerprint density at radius 2 is 1.88 bits per heavy atom. The number of hydrogen-bond donors (Lipinski definition) is 2. The summed E-state index contributed by atoms with van der Waals surface area (Å²) in [6.07, 6.45) is -2.03. The number of nitrogens with zero attached hydrogens (tertiary/aromatic N) is 1. The molecule has 1 saturated carbocycles. The number of alkyl halides is 3. The van der Waals surface area contributed by atoms with Crippen molar-refractivity contribution in [2.24, 2.45) is 0 Å². The molecule has 2 aromatic rings. The molecule has 3 rings (SSSR count). The number of halogens is 4. The Balaban J connectivity index is 1.78. The van der Waals surface area contributed by atoms with Gasteiger partial charge in [0.1, 0.15) is 5.02 Å². The molecule has 1 amide bonds. The fourth-order valence-electron chi connectivity index (χ4n) is 2.93. The first-order valence-electron chi connectivity index (χ1n) is 8.09. The molecule has 1 aliphatic carbocycles. The van der Waals surface area contributed by atoms with E-state index in [0.717, 1.165) is 25.0 Å². The second kappa shape index (κ2) is 7.28. The molecule has 1 aliphatic rings. The molecule has 0 unspecified atom stereocenters. The number of carbonyl (C=O) groups excluding carboxylic acids is 1. The van der Waals surface area contributed by atoms with Gasteiger partial charge in [-0.3, -0.25) is 4.79 Å². The summed E-state index contributed by atoms with van der Waals surface area (Å²) in [5, 5.41) is 16.1. The molecule has 1 aromatic heterocycles. The molecule has 1 fully saturated rings. The van der Waals surface area contributed by atoms with Crippen molar-refractivity contribution in [2.75, 3.05) is 0 Å². The molecule has 9 heteroatoms. The molecule has 0 spiro atoms. The Morgan fingerprint density at radius 3 is 2.50 bits per heavy atom. The predicted octanol–water partition coefficient (Wildman–Crippen LogP) is 4.05. The van der Waals surface area contributed by atoms with E-state index in [1.807, 2.05) is 0 Å². The van der Waals surface area contributed by atoms with Crippen LogP contribution in [0.2, 0.25) is 5.02 Å². The van der Waals surface area contributed by atoms with Crippen molar-refractivity contribution in [1.29, 1.82) is 0 Å². The predicted molar refractivity (Wildman–Crippen MR) is 87.7 cm³/mol. The topological polar surface area (TPSA) is 75.4 Å². The number of carbonyl (C=O) groups is 1. The van der Waals surface area contributed by atoms with E-state index in [9.17, 15) is 23.1 Å². The molecule has 0 saturated heterocycles. The quantitative estimate of drug-likeness (QED) is 0.831. The van der Waals surface area contributed by atoms with Gasteiger partial charge in [0.25, 0.3) is 5.91 Å². The highest BCUT2D eigenvalue weighted by Crippen LogP contribution is 2.34. The van der Waals surface area contributed by atoms with Gasteiger partial charge in [-0.2, -0.15) is 13.2 Å². The van der Waals surface area contributed by atoms with Crippen LogP contribution in [0, 0.1) is 0 Å². The summed E-state index contributed by atoms with van der Waals surface area (Å²) >= 11 is 6.14. The first kappa shape index (κ1) is 18.7. The van der Waals surface area contributed by atoms with Crippen molar-refractivity contribution in [3.63, 3.8) is 0 Å². The Kier molecular flexibility index (Phi) is 5.24. The number of rotatable bonds is 3. The zero-order valence-corrected chi connectivity index (χ0v) is 14.3. The highest BCUT2D eigenvalue weighted by atomic mass is 35.5. The molecule has 140 valence electrons. The van der Waals surface area contributed by atoms with Gasteiger partial charge in [-0.25, -0.2) is 0 Å². The van der Waals surface area contributed by atoms with Gasteiger partial charge in [0.2, 0.25) is 0 Å². The normalized spacial score (nSPS) is 20.8. The van der Waals surface area contributed by atoms with Crippen LogP contribution in [0.3, 0.4) is 0 Å². The Labute approximate surface area is 152 Å². The largest absolute Gasteiger partial charge is 0.416 e. The summed E-state index contributed by atoms with van der Waals surface area (Å²) in [6.45, 7) is 0. The zero-order valence-electron chi connectivity index (χ0n) is 13.5. The number of nitrogens with one attached hydrogen (secondary N) is 1. The first-order chi connectivity index (χ1) is 12.3. The zero-order chi connectivity index (χ0) is 18.9. The summed E-state index contributed by atoms with van der Waals surface area (Å²) in [4.78, 5) is 12.3. The molecule has 5 nitrogen and oxygen atoms in total.